The van der Waals surface area contributed by atoms with E-state index in [-0.39, 0.29) is 30.4 Å². The van der Waals surface area contributed by atoms with E-state index in [1.165, 1.54) is 12.1 Å². The molecule has 0 bridgehead atoms. The van der Waals surface area contributed by atoms with E-state index in [4.69, 9.17) is 9.47 Å². The van der Waals surface area contributed by atoms with E-state index in [0.717, 1.165) is 22.3 Å². The molecule has 1 aliphatic carbocycles. The lowest BCUT2D eigenvalue weighted by Gasteiger charge is -2.21. The summed E-state index contributed by atoms with van der Waals surface area (Å²) in [4.78, 5) is 35.4. The molecule has 0 saturated carbocycles. The number of nitrogens with one attached hydrogen (secondary N) is 1. The maximum Gasteiger partial charge on any atom is 0.407 e. The van der Waals surface area contributed by atoms with Crippen LogP contribution in [0.2, 0.25) is 0 Å². The summed E-state index contributed by atoms with van der Waals surface area (Å²) in [6.07, 6.45) is -1.05. The van der Waals surface area contributed by atoms with Crippen LogP contribution in [0.15, 0.2) is 66.7 Å². The predicted octanol–water partition coefficient (Wildman–Crippen LogP) is 5.31. The van der Waals surface area contributed by atoms with Crippen LogP contribution in [-0.2, 0) is 16.0 Å². The quantitative estimate of drug-likeness (QED) is 0.314. The van der Waals surface area contributed by atoms with Gasteiger partial charge in [-0.2, -0.15) is 0 Å². The number of hydrogen-bond acceptors (Lipinski definition) is 6. The summed E-state index contributed by atoms with van der Waals surface area (Å²) >= 11 is 0. The Labute approximate surface area is 214 Å². The molecule has 0 aliphatic heterocycles. The molecule has 37 heavy (non-hydrogen) atoms. The molecule has 0 spiro atoms. The summed E-state index contributed by atoms with van der Waals surface area (Å²) < 4.78 is 11.1. The fourth-order valence-electron chi connectivity index (χ4n) is 4.47. The Balaban J connectivity index is 1.44. The van der Waals surface area contributed by atoms with Crippen LogP contribution in [0.3, 0.4) is 0 Å². The Bertz CT molecular complexity index is 1300. The van der Waals surface area contributed by atoms with Crippen molar-refractivity contribution in [2.75, 3.05) is 6.61 Å². The second kappa shape index (κ2) is 10.3. The highest BCUT2D eigenvalue weighted by molar-refractivity contribution is 5.81. The molecule has 0 aromatic heterocycles. The number of alkyl carbamates (subject to hydrolysis) is 1. The van der Waals surface area contributed by atoms with Crippen LogP contribution in [0.1, 0.15) is 43.4 Å². The van der Waals surface area contributed by atoms with Crippen LogP contribution < -0.4 is 10.1 Å². The number of amides is 1. The van der Waals surface area contributed by atoms with Gasteiger partial charge in [-0.25, -0.2) is 9.59 Å². The first-order chi connectivity index (χ1) is 17.5. The van der Waals surface area contributed by atoms with Crippen molar-refractivity contribution in [3.8, 4) is 16.9 Å². The maximum absolute atomic E-state index is 12.6. The average molecular weight is 505 g/mol. The normalized spacial score (nSPS) is 13.3. The lowest BCUT2D eigenvalue weighted by atomic mass is 9.98. The second-order valence-corrected chi connectivity index (χ2v) is 9.84. The van der Waals surface area contributed by atoms with Crippen molar-refractivity contribution in [3.05, 3.63) is 93.5 Å². The third-order valence-corrected chi connectivity index (χ3v) is 6.01. The van der Waals surface area contributed by atoms with E-state index in [9.17, 15) is 24.8 Å². The molecule has 0 unspecified atom stereocenters. The van der Waals surface area contributed by atoms with Crippen molar-refractivity contribution in [2.45, 2.75) is 44.8 Å². The molecular weight excluding hydrogens is 476 g/mol. The van der Waals surface area contributed by atoms with Crippen molar-refractivity contribution < 1.29 is 29.1 Å². The average Bonchev–Trinajstić information content (AvgIpc) is 3.16. The van der Waals surface area contributed by atoms with Gasteiger partial charge >= 0.3 is 17.7 Å². The van der Waals surface area contributed by atoms with Gasteiger partial charge in [-0.3, -0.25) is 10.1 Å². The van der Waals surface area contributed by atoms with Gasteiger partial charge in [0.1, 0.15) is 18.2 Å². The van der Waals surface area contributed by atoms with Crippen LogP contribution in [0, 0.1) is 10.1 Å². The first kappa shape index (κ1) is 25.7. The van der Waals surface area contributed by atoms with Crippen molar-refractivity contribution >= 4 is 17.7 Å². The number of rotatable bonds is 8. The minimum Gasteiger partial charge on any atom is -0.481 e. The molecular formula is C28H28N2O7. The third-order valence-electron chi connectivity index (χ3n) is 6.01. The Morgan fingerprint density at radius 1 is 1.03 bits per heavy atom. The highest BCUT2D eigenvalue weighted by atomic mass is 16.6. The van der Waals surface area contributed by atoms with Gasteiger partial charge in [-0.15, -0.1) is 0 Å². The van der Waals surface area contributed by atoms with Gasteiger partial charge in [0, 0.05) is 18.4 Å². The van der Waals surface area contributed by atoms with Gasteiger partial charge in [0.05, 0.1) is 4.92 Å². The van der Waals surface area contributed by atoms with Crippen molar-refractivity contribution in [1.29, 1.82) is 0 Å². The van der Waals surface area contributed by atoms with Crippen LogP contribution >= 0.6 is 0 Å². The van der Waals surface area contributed by atoms with E-state index in [1.54, 1.807) is 26.8 Å². The summed E-state index contributed by atoms with van der Waals surface area (Å²) in [7, 11) is 0. The molecule has 2 N–H and O–H groups in total. The summed E-state index contributed by atoms with van der Waals surface area (Å²) in [5.41, 5.74) is 3.66. The molecule has 1 aliphatic rings. The molecule has 0 radical (unpaired) electrons. The summed E-state index contributed by atoms with van der Waals surface area (Å²) in [6, 6.07) is 18.7. The van der Waals surface area contributed by atoms with E-state index < -0.39 is 28.6 Å². The first-order valence-corrected chi connectivity index (χ1v) is 11.8. The number of fused-ring (bicyclic) bond motifs is 3. The Hall–Kier alpha value is -4.40. The van der Waals surface area contributed by atoms with E-state index in [1.807, 2.05) is 48.5 Å². The topological polar surface area (TPSA) is 128 Å². The molecule has 0 saturated heterocycles. The van der Waals surface area contributed by atoms with Gasteiger partial charge in [-0.1, -0.05) is 54.6 Å². The number of aliphatic carboxylic acids is 1. The largest absolute Gasteiger partial charge is 0.481 e. The van der Waals surface area contributed by atoms with Crippen molar-refractivity contribution in [1.82, 2.24) is 5.32 Å². The molecule has 3 aromatic carbocycles. The molecule has 1 amide bonds. The summed E-state index contributed by atoms with van der Waals surface area (Å²) in [6.45, 7) is 5.34. The minimum absolute atomic E-state index is 0.0382. The monoisotopic (exact) mass is 504 g/mol. The number of carbonyl (C=O) groups excluding carboxylic acids is 1. The summed E-state index contributed by atoms with van der Waals surface area (Å²) in [5, 5.41) is 23.6. The molecule has 9 heteroatoms. The number of nitro groups is 1. The third kappa shape index (κ3) is 5.88. The molecule has 0 fully saturated rings. The summed E-state index contributed by atoms with van der Waals surface area (Å²) in [5.74, 6) is -1.37. The number of benzene rings is 3. The fourth-order valence-corrected chi connectivity index (χ4v) is 4.47. The second-order valence-electron chi connectivity index (χ2n) is 9.84. The highest BCUT2D eigenvalue weighted by Crippen LogP contribution is 2.44. The molecule has 1 atom stereocenters. The first-order valence-electron chi connectivity index (χ1n) is 11.8. The van der Waals surface area contributed by atoms with E-state index in [0.29, 0.717) is 5.56 Å². The van der Waals surface area contributed by atoms with Gasteiger partial charge in [0.15, 0.2) is 5.75 Å². The zero-order valence-electron chi connectivity index (χ0n) is 20.8. The number of carboxylic acids is 1. The van der Waals surface area contributed by atoms with Crippen molar-refractivity contribution in [2.24, 2.45) is 0 Å². The predicted molar refractivity (Wildman–Crippen MR) is 137 cm³/mol. The van der Waals surface area contributed by atoms with Gasteiger partial charge in [0.25, 0.3) is 0 Å². The number of ether oxygens (including phenoxy) is 2. The number of hydrogen-bond donors (Lipinski definition) is 2. The molecule has 9 nitrogen and oxygen atoms in total. The van der Waals surface area contributed by atoms with Gasteiger partial charge in [-0.05, 0) is 54.7 Å². The Kier molecular flexibility index (Phi) is 7.15. The standard InChI is InChI=1S/C28H28N2O7/c1-28(2,3)37-25-13-12-17(15-24(25)30(34)35)14-23(26(31)32)29-27(33)36-16-22-20-10-6-4-8-18(20)19-9-5-7-11-21(19)22/h4-13,15,22-23H,14,16H2,1-3H3,(H,29,33)(H,31,32)/t23-/m0/s1. The zero-order valence-corrected chi connectivity index (χ0v) is 20.8. The molecule has 3 aromatic rings. The minimum atomic E-state index is -1.34. The van der Waals surface area contributed by atoms with Crippen LogP contribution in [-0.4, -0.2) is 40.3 Å². The lowest BCUT2D eigenvalue weighted by Crippen LogP contribution is -2.42. The Morgan fingerprint density at radius 2 is 1.62 bits per heavy atom. The van der Waals surface area contributed by atoms with Crippen LogP contribution in [0.4, 0.5) is 10.5 Å². The van der Waals surface area contributed by atoms with Gasteiger partial charge in [0.2, 0.25) is 0 Å². The van der Waals surface area contributed by atoms with E-state index in [2.05, 4.69) is 5.32 Å². The number of nitrogens with zero attached hydrogens (tertiary/aromatic N) is 1. The molecule has 4 rings (SSSR count). The zero-order chi connectivity index (χ0) is 26.7. The van der Waals surface area contributed by atoms with Crippen molar-refractivity contribution in [3.63, 3.8) is 0 Å². The molecule has 192 valence electrons. The van der Waals surface area contributed by atoms with Gasteiger partial charge < -0.3 is 19.9 Å². The van der Waals surface area contributed by atoms with Crippen LogP contribution in [0.5, 0.6) is 5.75 Å². The van der Waals surface area contributed by atoms with E-state index >= 15 is 0 Å². The van der Waals surface area contributed by atoms with Crippen LogP contribution in [0.25, 0.3) is 11.1 Å². The number of nitro benzene ring substituents is 1. The number of carbonyl (C=O) groups is 2. The fraction of sp³-hybridized carbons (Fsp3) is 0.286. The SMILES string of the molecule is CC(C)(C)Oc1ccc(C[C@H](NC(=O)OCC2c3ccccc3-c3ccccc32)C(=O)O)cc1[N+](=O)[O-]. The highest BCUT2D eigenvalue weighted by Gasteiger charge is 2.30. The smallest absolute Gasteiger partial charge is 0.407 e. The Morgan fingerprint density at radius 3 is 2.16 bits per heavy atom. The lowest BCUT2D eigenvalue weighted by molar-refractivity contribution is -0.386. The maximum atomic E-state index is 12.6. The number of carboxylic acid groups (broad SMARTS) is 1. The molecule has 0 heterocycles.